The number of nitrogens with one attached hydrogen (secondary N) is 1. The SMILES string of the molecule is Cc1ccc(NC(=O)c2nn3c(C(F)(F)F)cc(-c4ccccc4)nc3c2Cl)cc1C. The Bertz CT molecular complexity index is 1300. The van der Waals surface area contributed by atoms with E-state index in [0.29, 0.717) is 15.8 Å². The highest BCUT2D eigenvalue weighted by molar-refractivity contribution is 6.37. The van der Waals surface area contributed by atoms with E-state index in [1.807, 2.05) is 19.9 Å². The molecule has 0 radical (unpaired) electrons. The number of nitrogens with zero attached hydrogens (tertiary/aromatic N) is 3. The van der Waals surface area contributed by atoms with Gasteiger partial charge in [-0.1, -0.05) is 48.0 Å². The van der Waals surface area contributed by atoms with Crippen LogP contribution < -0.4 is 5.32 Å². The second kappa shape index (κ2) is 7.70. The molecule has 0 fully saturated rings. The average molecular weight is 445 g/mol. The molecule has 0 saturated carbocycles. The summed E-state index contributed by atoms with van der Waals surface area (Å²) in [5, 5.41) is 6.20. The first-order valence-electron chi connectivity index (χ1n) is 9.25. The lowest BCUT2D eigenvalue weighted by molar-refractivity contribution is -0.142. The van der Waals surface area contributed by atoms with Crippen molar-refractivity contribution in [3.8, 4) is 11.3 Å². The van der Waals surface area contributed by atoms with Crippen molar-refractivity contribution in [3.05, 3.63) is 82.1 Å². The van der Waals surface area contributed by atoms with E-state index in [4.69, 9.17) is 11.6 Å². The molecule has 0 atom stereocenters. The van der Waals surface area contributed by atoms with E-state index in [0.717, 1.165) is 17.2 Å². The van der Waals surface area contributed by atoms with Crippen LogP contribution in [0.15, 0.2) is 54.6 Å². The Morgan fingerprint density at radius 3 is 2.39 bits per heavy atom. The number of halogens is 4. The first-order chi connectivity index (χ1) is 14.6. The quantitative estimate of drug-likeness (QED) is 0.425. The van der Waals surface area contributed by atoms with Crippen molar-refractivity contribution < 1.29 is 18.0 Å². The first kappa shape index (κ1) is 20.9. The van der Waals surface area contributed by atoms with E-state index in [-0.39, 0.29) is 22.1 Å². The molecule has 0 spiro atoms. The summed E-state index contributed by atoms with van der Waals surface area (Å²) in [5.41, 5.74) is 1.35. The summed E-state index contributed by atoms with van der Waals surface area (Å²) in [4.78, 5) is 17.0. The Labute approximate surface area is 180 Å². The van der Waals surface area contributed by atoms with Gasteiger partial charge in [0.2, 0.25) is 0 Å². The second-order valence-corrected chi connectivity index (χ2v) is 7.42. The minimum Gasteiger partial charge on any atom is -0.321 e. The van der Waals surface area contributed by atoms with Crippen LogP contribution in [0.4, 0.5) is 18.9 Å². The van der Waals surface area contributed by atoms with Gasteiger partial charge in [0.1, 0.15) is 5.02 Å². The van der Waals surface area contributed by atoms with E-state index < -0.39 is 17.8 Å². The molecule has 5 nitrogen and oxygen atoms in total. The van der Waals surface area contributed by atoms with Crippen LogP contribution in [0, 0.1) is 13.8 Å². The topological polar surface area (TPSA) is 59.3 Å². The van der Waals surface area contributed by atoms with Gasteiger partial charge in [-0.05, 0) is 43.2 Å². The molecule has 0 saturated heterocycles. The summed E-state index contributed by atoms with van der Waals surface area (Å²) in [7, 11) is 0. The van der Waals surface area contributed by atoms with Gasteiger partial charge < -0.3 is 5.32 Å². The zero-order valence-electron chi connectivity index (χ0n) is 16.5. The first-order valence-corrected chi connectivity index (χ1v) is 9.63. The lowest BCUT2D eigenvalue weighted by atomic mass is 10.1. The fraction of sp³-hybridized carbons (Fsp3) is 0.136. The van der Waals surface area contributed by atoms with Crippen LogP contribution >= 0.6 is 11.6 Å². The molecule has 0 bridgehead atoms. The van der Waals surface area contributed by atoms with Gasteiger partial charge in [0.05, 0.1) is 5.69 Å². The molecular weight excluding hydrogens is 429 g/mol. The van der Waals surface area contributed by atoms with Crippen molar-refractivity contribution in [2.45, 2.75) is 20.0 Å². The van der Waals surface area contributed by atoms with E-state index >= 15 is 0 Å². The fourth-order valence-electron chi connectivity index (χ4n) is 3.10. The Morgan fingerprint density at radius 2 is 1.74 bits per heavy atom. The molecule has 0 aliphatic heterocycles. The second-order valence-electron chi connectivity index (χ2n) is 7.04. The fourth-order valence-corrected chi connectivity index (χ4v) is 3.35. The predicted molar refractivity (Wildman–Crippen MR) is 112 cm³/mol. The molecule has 2 aromatic carbocycles. The number of amides is 1. The summed E-state index contributed by atoms with van der Waals surface area (Å²) in [6, 6.07) is 14.5. The van der Waals surface area contributed by atoms with Crippen molar-refractivity contribution in [1.82, 2.24) is 14.6 Å². The zero-order chi connectivity index (χ0) is 22.3. The lowest BCUT2D eigenvalue weighted by Gasteiger charge is -2.11. The van der Waals surface area contributed by atoms with Crippen LogP contribution in [0.25, 0.3) is 16.9 Å². The largest absolute Gasteiger partial charge is 0.433 e. The molecule has 1 amide bonds. The number of aromatic nitrogens is 3. The molecule has 4 aromatic rings. The van der Waals surface area contributed by atoms with Gasteiger partial charge in [0.15, 0.2) is 17.0 Å². The monoisotopic (exact) mass is 444 g/mol. The highest BCUT2D eigenvalue weighted by Gasteiger charge is 2.36. The van der Waals surface area contributed by atoms with Crippen LogP contribution in [-0.4, -0.2) is 20.5 Å². The third-order valence-electron chi connectivity index (χ3n) is 4.87. The Hall–Kier alpha value is -3.39. The third-order valence-corrected chi connectivity index (χ3v) is 5.22. The molecule has 0 unspecified atom stereocenters. The number of rotatable bonds is 3. The maximum atomic E-state index is 13.8. The molecule has 0 aliphatic rings. The number of hydrogen-bond acceptors (Lipinski definition) is 3. The molecule has 2 heterocycles. The highest BCUT2D eigenvalue weighted by atomic mass is 35.5. The van der Waals surface area contributed by atoms with Gasteiger partial charge in [-0.3, -0.25) is 4.79 Å². The average Bonchev–Trinajstić information content (AvgIpc) is 3.06. The number of carbonyl (C=O) groups is 1. The molecule has 1 N–H and O–H groups in total. The van der Waals surface area contributed by atoms with Gasteiger partial charge in [-0.15, -0.1) is 0 Å². The summed E-state index contributed by atoms with van der Waals surface area (Å²) in [5.74, 6) is -0.729. The summed E-state index contributed by atoms with van der Waals surface area (Å²) < 4.78 is 41.8. The van der Waals surface area contributed by atoms with E-state index in [9.17, 15) is 18.0 Å². The third kappa shape index (κ3) is 3.98. The van der Waals surface area contributed by atoms with Gasteiger partial charge in [0.25, 0.3) is 5.91 Å². The Balaban J connectivity index is 1.83. The van der Waals surface area contributed by atoms with Crippen molar-refractivity contribution >= 4 is 28.8 Å². The molecule has 4 rings (SSSR count). The summed E-state index contributed by atoms with van der Waals surface area (Å²) in [6.07, 6.45) is -4.73. The highest BCUT2D eigenvalue weighted by Crippen LogP contribution is 2.34. The van der Waals surface area contributed by atoms with Gasteiger partial charge >= 0.3 is 6.18 Å². The summed E-state index contributed by atoms with van der Waals surface area (Å²) >= 11 is 6.28. The lowest BCUT2D eigenvalue weighted by Crippen LogP contribution is -2.16. The summed E-state index contributed by atoms with van der Waals surface area (Å²) in [6.45, 7) is 3.81. The number of anilines is 1. The van der Waals surface area contributed by atoms with E-state index in [1.54, 1.807) is 42.5 Å². The molecule has 31 heavy (non-hydrogen) atoms. The van der Waals surface area contributed by atoms with Crippen LogP contribution in [0.3, 0.4) is 0 Å². The van der Waals surface area contributed by atoms with Crippen molar-refractivity contribution in [3.63, 3.8) is 0 Å². The van der Waals surface area contributed by atoms with Gasteiger partial charge in [-0.2, -0.15) is 18.3 Å². The number of aryl methyl sites for hydroxylation is 2. The standard InChI is InChI=1S/C22H16ClF3N4O/c1-12-8-9-15(10-13(12)2)27-21(31)19-18(23)20-28-16(14-6-4-3-5-7-14)11-17(22(24,25)26)30(20)29-19/h3-11H,1-2H3,(H,27,31). The van der Waals surface area contributed by atoms with Crippen LogP contribution in [0.5, 0.6) is 0 Å². The van der Waals surface area contributed by atoms with E-state index in [2.05, 4.69) is 15.4 Å². The zero-order valence-corrected chi connectivity index (χ0v) is 17.2. The molecule has 2 aromatic heterocycles. The van der Waals surface area contributed by atoms with Crippen molar-refractivity contribution in [2.24, 2.45) is 0 Å². The molecule has 9 heteroatoms. The van der Waals surface area contributed by atoms with Crippen LogP contribution in [0.2, 0.25) is 5.02 Å². The molecular formula is C22H16ClF3N4O. The molecule has 0 aliphatic carbocycles. The van der Waals surface area contributed by atoms with Crippen LogP contribution in [-0.2, 0) is 6.18 Å². The van der Waals surface area contributed by atoms with Crippen LogP contribution in [0.1, 0.15) is 27.3 Å². The smallest absolute Gasteiger partial charge is 0.321 e. The normalized spacial score (nSPS) is 11.7. The number of alkyl halides is 3. The minimum absolute atomic E-state index is 0.0725. The van der Waals surface area contributed by atoms with Gasteiger partial charge in [-0.25, -0.2) is 9.50 Å². The molecule has 158 valence electrons. The van der Waals surface area contributed by atoms with Gasteiger partial charge in [0, 0.05) is 11.3 Å². The van der Waals surface area contributed by atoms with E-state index in [1.165, 1.54) is 0 Å². The maximum Gasteiger partial charge on any atom is 0.433 e. The van der Waals surface area contributed by atoms with Crippen molar-refractivity contribution in [2.75, 3.05) is 5.32 Å². The number of carbonyl (C=O) groups excluding carboxylic acids is 1. The number of fused-ring (bicyclic) bond motifs is 1. The maximum absolute atomic E-state index is 13.8. The Morgan fingerprint density at radius 1 is 1.03 bits per heavy atom. The Kier molecular flexibility index (Phi) is 5.18. The number of benzene rings is 2. The predicted octanol–water partition coefficient (Wildman–Crippen LogP) is 5.94. The van der Waals surface area contributed by atoms with Crippen molar-refractivity contribution in [1.29, 1.82) is 0 Å². The minimum atomic E-state index is -4.73. The number of hydrogen-bond donors (Lipinski definition) is 1.